The molecule has 2 N–H and O–H groups in total. The van der Waals surface area contributed by atoms with Gasteiger partial charge >= 0.3 is 0 Å². The predicted octanol–water partition coefficient (Wildman–Crippen LogP) is 5.94. The summed E-state index contributed by atoms with van der Waals surface area (Å²) in [6.45, 7) is 12.1. The summed E-state index contributed by atoms with van der Waals surface area (Å²) in [5.41, 5.74) is 4.99. The van der Waals surface area contributed by atoms with E-state index in [4.69, 9.17) is 5.41 Å². The zero-order valence-corrected chi connectivity index (χ0v) is 14.2. The van der Waals surface area contributed by atoms with Crippen LogP contribution in [0.4, 0.5) is 5.69 Å². The molecule has 0 spiro atoms. The Morgan fingerprint density at radius 2 is 1.91 bits per heavy atom. The van der Waals surface area contributed by atoms with E-state index in [-0.39, 0.29) is 0 Å². The molecular weight excluding hydrogens is 268 g/mol. The van der Waals surface area contributed by atoms with E-state index in [9.17, 15) is 0 Å². The Morgan fingerprint density at radius 3 is 2.36 bits per heavy atom. The molecule has 22 heavy (non-hydrogen) atoms. The maximum atomic E-state index is 7.59. The fourth-order valence-corrected chi connectivity index (χ4v) is 2.27. The standard InChI is InChI=1S/C18H22N2.C2H6/c1-4-15-5-7-17(8-6-15)14(3)20-18-11-9-16(10-12-18)13(2)19;1-2/h5-7,9-12,17,19-20H,3-4,8H2,1-2H3;1-2H3. The Morgan fingerprint density at radius 1 is 1.27 bits per heavy atom. The van der Waals surface area contributed by atoms with Gasteiger partial charge in [0.05, 0.1) is 0 Å². The van der Waals surface area contributed by atoms with Crippen LogP contribution in [0.5, 0.6) is 0 Å². The van der Waals surface area contributed by atoms with Crippen molar-refractivity contribution in [3.05, 3.63) is 65.9 Å². The van der Waals surface area contributed by atoms with Gasteiger partial charge in [0.1, 0.15) is 0 Å². The minimum absolute atomic E-state index is 0.356. The van der Waals surface area contributed by atoms with E-state index in [0.717, 1.165) is 29.8 Å². The third kappa shape index (κ3) is 5.03. The molecule has 2 rings (SSSR count). The van der Waals surface area contributed by atoms with E-state index >= 15 is 0 Å². The molecule has 1 aliphatic rings. The molecule has 0 saturated carbocycles. The van der Waals surface area contributed by atoms with E-state index in [1.165, 1.54) is 5.57 Å². The molecule has 0 radical (unpaired) electrons. The van der Waals surface area contributed by atoms with Gasteiger partial charge in [0.15, 0.2) is 0 Å². The van der Waals surface area contributed by atoms with Crippen LogP contribution in [0, 0.1) is 11.3 Å². The largest absolute Gasteiger partial charge is 0.359 e. The van der Waals surface area contributed by atoms with Crippen molar-refractivity contribution in [2.24, 2.45) is 5.92 Å². The van der Waals surface area contributed by atoms with Crippen LogP contribution in [0.15, 0.2) is 60.3 Å². The lowest BCUT2D eigenvalue weighted by atomic mass is 9.93. The summed E-state index contributed by atoms with van der Waals surface area (Å²) in [6, 6.07) is 7.92. The quantitative estimate of drug-likeness (QED) is 0.648. The molecule has 0 bridgehead atoms. The van der Waals surface area contributed by atoms with Crippen molar-refractivity contribution in [2.45, 2.75) is 40.5 Å². The van der Waals surface area contributed by atoms with Crippen LogP contribution < -0.4 is 5.32 Å². The average Bonchev–Trinajstić information content (AvgIpc) is 2.57. The highest BCUT2D eigenvalue weighted by Crippen LogP contribution is 2.25. The molecule has 0 aliphatic heterocycles. The van der Waals surface area contributed by atoms with E-state index in [2.05, 4.69) is 37.0 Å². The van der Waals surface area contributed by atoms with Gasteiger partial charge in [-0.3, -0.25) is 0 Å². The zero-order valence-electron chi connectivity index (χ0n) is 14.2. The molecule has 0 heterocycles. The molecule has 2 nitrogen and oxygen atoms in total. The number of benzene rings is 1. The summed E-state index contributed by atoms with van der Waals surface area (Å²) in [4.78, 5) is 0. The fraction of sp³-hybridized carbons (Fsp3) is 0.350. The van der Waals surface area contributed by atoms with Crippen molar-refractivity contribution in [3.63, 3.8) is 0 Å². The minimum atomic E-state index is 0.356. The van der Waals surface area contributed by atoms with Crippen molar-refractivity contribution < 1.29 is 0 Å². The second-order valence-corrected chi connectivity index (χ2v) is 5.19. The molecule has 1 aliphatic carbocycles. The second kappa shape index (κ2) is 9.04. The lowest BCUT2D eigenvalue weighted by Gasteiger charge is -2.20. The molecule has 0 amide bonds. The number of rotatable bonds is 5. The van der Waals surface area contributed by atoms with Crippen molar-refractivity contribution in [3.8, 4) is 0 Å². The van der Waals surface area contributed by atoms with Crippen molar-refractivity contribution >= 4 is 11.4 Å². The van der Waals surface area contributed by atoms with Crippen LogP contribution >= 0.6 is 0 Å². The summed E-state index contributed by atoms with van der Waals surface area (Å²) in [5, 5.41) is 11.0. The topological polar surface area (TPSA) is 35.9 Å². The first kappa shape index (κ1) is 18.0. The molecule has 1 aromatic carbocycles. The predicted molar refractivity (Wildman–Crippen MR) is 98.7 cm³/mol. The number of hydrogen-bond acceptors (Lipinski definition) is 2. The zero-order chi connectivity index (χ0) is 16.5. The minimum Gasteiger partial charge on any atom is -0.359 e. The molecule has 1 unspecified atom stereocenters. The summed E-state index contributed by atoms with van der Waals surface area (Å²) in [6.07, 6.45) is 8.82. The van der Waals surface area contributed by atoms with E-state index in [0.29, 0.717) is 11.6 Å². The van der Waals surface area contributed by atoms with Crippen LogP contribution in [-0.4, -0.2) is 5.71 Å². The summed E-state index contributed by atoms with van der Waals surface area (Å²) >= 11 is 0. The summed E-state index contributed by atoms with van der Waals surface area (Å²) in [5.74, 6) is 0.356. The Bertz CT molecular complexity index is 562. The van der Waals surface area contributed by atoms with E-state index < -0.39 is 0 Å². The highest BCUT2D eigenvalue weighted by Gasteiger charge is 2.11. The van der Waals surface area contributed by atoms with E-state index in [1.54, 1.807) is 6.92 Å². The number of nitrogens with one attached hydrogen (secondary N) is 2. The van der Waals surface area contributed by atoms with Crippen molar-refractivity contribution in [1.82, 2.24) is 0 Å². The lowest BCUT2D eigenvalue weighted by Crippen LogP contribution is -2.10. The summed E-state index contributed by atoms with van der Waals surface area (Å²) < 4.78 is 0. The van der Waals surface area contributed by atoms with Crippen LogP contribution in [-0.2, 0) is 0 Å². The Balaban J connectivity index is 0.00000116. The molecule has 1 aromatic rings. The highest BCUT2D eigenvalue weighted by molar-refractivity contribution is 5.96. The van der Waals surface area contributed by atoms with Gasteiger partial charge in [0, 0.05) is 23.0 Å². The van der Waals surface area contributed by atoms with Gasteiger partial charge in [-0.1, -0.05) is 63.3 Å². The number of hydrogen-bond donors (Lipinski definition) is 2. The third-order valence-electron chi connectivity index (χ3n) is 3.66. The Kier molecular flexibility index (Phi) is 7.38. The number of anilines is 1. The van der Waals surface area contributed by atoms with Crippen molar-refractivity contribution in [2.75, 3.05) is 5.32 Å². The van der Waals surface area contributed by atoms with Gasteiger partial charge in [-0.25, -0.2) is 0 Å². The van der Waals surface area contributed by atoms with Crippen LogP contribution in [0.2, 0.25) is 0 Å². The third-order valence-corrected chi connectivity index (χ3v) is 3.66. The normalized spacial score (nSPS) is 16.2. The van der Waals surface area contributed by atoms with Gasteiger partial charge in [-0.05, 0) is 37.5 Å². The molecular formula is C20H28N2. The Hall–Kier alpha value is -2.09. The highest BCUT2D eigenvalue weighted by atomic mass is 14.9. The van der Waals surface area contributed by atoms with Gasteiger partial charge in [0.2, 0.25) is 0 Å². The SMILES string of the molecule is C=C(Nc1ccc(C(C)=N)cc1)C1C=CC(CC)=CC1.CC. The van der Waals surface area contributed by atoms with Gasteiger partial charge in [-0.15, -0.1) is 0 Å². The first-order valence-electron chi connectivity index (χ1n) is 8.08. The number of allylic oxidation sites excluding steroid dienone is 4. The monoisotopic (exact) mass is 296 g/mol. The smallest absolute Gasteiger partial charge is 0.0382 e. The second-order valence-electron chi connectivity index (χ2n) is 5.19. The van der Waals surface area contributed by atoms with Gasteiger partial charge < -0.3 is 10.7 Å². The maximum absolute atomic E-state index is 7.59. The molecule has 0 saturated heterocycles. The first-order valence-corrected chi connectivity index (χ1v) is 8.08. The van der Waals surface area contributed by atoms with Crippen LogP contribution in [0.3, 0.4) is 0 Å². The first-order chi connectivity index (χ1) is 10.6. The fourth-order valence-electron chi connectivity index (χ4n) is 2.27. The molecule has 1 atom stereocenters. The molecule has 0 fully saturated rings. The van der Waals surface area contributed by atoms with Gasteiger partial charge in [0.25, 0.3) is 0 Å². The average molecular weight is 296 g/mol. The maximum Gasteiger partial charge on any atom is 0.0382 e. The Labute approximate surface area is 135 Å². The van der Waals surface area contributed by atoms with Gasteiger partial charge in [-0.2, -0.15) is 0 Å². The van der Waals surface area contributed by atoms with Crippen LogP contribution in [0.25, 0.3) is 0 Å². The molecule has 0 aromatic heterocycles. The van der Waals surface area contributed by atoms with E-state index in [1.807, 2.05) is 38.1 Å². The summed E-state index contributed by atoms with van der Waals surface area (Å²) in [7, 11) is 0. The molecule has 2 heteroatoms. The lowest BCUT2D eigenvalue weighted by molar-refractivity contribution is 0.763. The van der Waals surface area contributed by atoms with Crippen LogP contribution in [0.1, 0.15) is 46.1 Å². The van der Waals surface area contributed by atoms with Crippen molar-refractivity contribution in [1.29, 1.82) is 5.41 Å². The molecule has 118 valence electrons.